The minimum Gasteiger partial charge on any atom is -0.496 e. The van der Waals surface area contributed by atoms with Crippen LogP contribution >= 0.6 is 0 Å². The van der Waals surface area contributed by atoms with Gasteiger partial charge in [0.25, 0.3) is 5.91 Å². The number of hydrogen-bond acceptors (Lipinski definition) is 4. The average Bonchev–Trinajstić information content (AvgIpc) is 2.54. The van der Waals surface area contributed by atoms with Gasteiger partial charge in [0.15, 0.2) is 0 Å². The highest BCUT2D eigenvalue weighted by Crippen LogP contribution is 2.21. The van der Waals surface area contributed by atoms with Gasteiger partial charge < -0.3 is 19.7 Å². The first kappa shape index (κ1) is 16.1. The molecule has 6 nitrogen and oxygen atoms in total. The predicted molar refractivity (Wildman–Crippen MR) is 82.1 cm³/mol. The number of hydrogen-bond donors (Lipinski definition) is 1. The molecule has 120 valence electrons. The van der Waals surface area contributed by atoms with E-state index in [4.69, 9.17) is 9.47 Å². The molecule has 1 aromatic carbocycles. The van der Waals surface area contributed by atoms with Gasteiger partial charge in [-0.15, -0.1) is 0 Å². The zero-order valence-electron chi connectivity index (χ0n) is 13.0. The fraction of sp³-hybridized carbons (Fsp3) is 0.500. The zero-order valence-corrected chi connectivity index (χ0v) is 13.0. The minimum absolute atomic E-state index is 0.0761. The van der Waals surface area contributed by atoms with Crippen molar-refractivity contribution in [2.24, 2.45) is 0 Å². The molecule has 1 fully saturated rings. The lowest BCUT2D eigenvalue weighted by molar-refractivity contribution is 0.0683. The Hall–Kier alpha value is -2.24. The Labute approximate surface area is 130 Å². The summed E-state index contributed by atoms with van der Waals surface area (Å²) in [6, 6.07) is 7.09. The summed E-state index contributed by atoms with van der Waals surface area (Å²) in [7, 11) is 1.55. The van der Waals surface area contributed by atoms with Gasteiger partial charge in [0.2, 0.25) is 0 Å². The number of carbonyl (C=O) groups excluding carboxylic acids is 2. The molecule has 1 atom stereocenters. The van der Waals surface area contributed by atoms with Crippen molar-refractivity contribution in [2.45, 2.75) is 25.8 Å². The Bertz CT molecular complexity index is 533. The molecule has 0 bridgehead atoms. The van der Waals surface area contributed by atoms with Crippen molar-refractivity contribution in [3.05, 3.63) is 29.8 Å². The maximum Gasteiger partial charge on any atom is 0.407 e. The number of rotatable bonds is 4. The number of methoxy groups -OCH3 is 1. The predicted octanol–water partition coefficient (Wildman–Crippen LogP) is 2.05. The number of para-hydroxylation sites is 1. The van der Waals surface area contributed by atoms with E-state index in [9.17, 15) is 9.59 Å². The lowest BCUT2D eigenvalue weighted by atomic mass is 10.0. The number of nitrogens with zero attached hydrogens (tertiary/aromatic N) is 1. The summed E-state index contributed by atoms with van der Waals surface area (Å²) in [6.45, 7) is 3.26. The summed E-state index contributed by atoms with van der Waals surface area (Å²) in [4.78, 5) is 25.9. The summed E-state index contributed by atoms with van der Waals surface area (Å²) < 4.78 is 10.1. The molecule has 1 aromatic rings. The average molecular weight is 306 g/mol. The number of likely N-dealkylation sites (tertiary alicyclic amines) is 1. The van der Waals surface area contributed by atoms with Gasteiger partial charge in [0.05, 0.1) is 19.3 Å². The van der Waals surface area contributed by atoms with E-state index in [2.05, 4.69) is 5.32 Å². The summed E-state index contributed by atoms with van der Waals surface area (Å²) in [5.74, 6) is 0.487. The van der Waals surface area contributed by atoms with E-state index in [1.54, 1.807) is 31.1 Å². The molecule has 0 spiro atoms. The van der Waals surface area contributed by atoms with E-state index < -0.39 is 6.09 Å². The maximum atomic E-state index is 12.6. The number of benzene rings is 1. The lowest BCUT2D eigenvalue weighted by Gasteiger charge is -2.33. The first-order valence-electron chi connectivity index (χ1n) is 7.51. The van der Waals surface area contributed by atoms with Gasteiger partial charge in [0.1, 0.15) is 5.75 Å². The molecule has 2 rings (SSSR count). The molecular formula is C16H22N2O4. The second kappa shape index (κ2) is 7.68. The van der Waals surface area contributed by atoms with Crippen LogP contribution in [-0.4, -0.2) is 49.7 Å². The first-order valence-corrected chi connectivity index (χ1v) is 7.51. The van der Waals surface area contributed by atoms with E-state index >= 15 is 0 Å². The number of amides is 2. The third-order valence-corrected chi connectivity index (χ3v) is 3.64. The highest BCUT2D eigenvalue weighted by atomic mass is 16.5. The number of ether oxygens (including phenoxy) is 2. The van der Waals surface area contributed by atoms with Gasteiger partial charge in [-0.2, -0.15) is 0 Å². The standard InChI is InChI=1S/C16H22N2O4/c1-3-22-16(20)17-12-7-6-10-18(11-12)15(19)13-8-4-5-9-14(13)21-2/h4-5,8-9,12H,3,6-7,10-11H2,1-2H3,(H,17,20)/t12-/m0/s1. The molecule has 0 radical (unpaired) electrons. The molecule has 0 aromatic heterocycles. The normalized spacial score (nSPS) is 17.7. The quantitative estimate of drug-likeness (QED) is 0.924. The van der Waals surface area contributed by atoms with Crippen molar-refractivity contribution in [2.75, 3.05) is 26.8 Å². The second-order valence-corrected chi connectivity index (χ2v) is 5.16. The number of carbonyl (C=O) groups is 2. The van der Waals surface area contributed by atoms with Crippen LogP contribution in [0.15, 0.2) is 24.3 Å². The summed E-state index contributed by atoms with van der Waals surface area (Å²) in [5.41, 5.74) is 0.543. The molecule has 1 aliphatic heterocycles. The lowest BCUT2D eigenvalue weighted by Crippen LogP contribution is -2.49. The van der Waals surface area contributed by atoms with Crippen LogP contribution in [0.3, 0.4) is 0 Å². The Kier molecular flexibility index (Phi) is 5.63. The van der Waals surface area contributed by atoms with E-state index in [1.807, 2.05) is 12.1 Å². The van der Waals surface area contributed by atoms with Gasteiger partial charge in [0, 0.05) is 19.1 Å². The van der Waals surface area contributed by atoms with Gasteiger partial charge in [-0.05, 0) is 31.9 Å². The van der Waals surface area contributed by atoms with Gasteiger partial charge in [-0.1, -0.05) is 12.1 Å². The zero-order chi connectivity index (χ0) is 15.9. The molecule has 2 amide bonds. The molecule has 1 N–H and O–H groups in total. The number of alkyl carbamates (subject to hydrolysis) is 1. The van der Waals surface area contributed by atoms with Crippen LogP contribution in [-0.2, 0) is 4.74 Å². The van der Waals surface area contributed by atoms with Crippen molar-refractivity contribution in [3.8, 4) is 5.75 Å². The van der Waals surface area contributed by atoms with Crippen LogP contribution in [0.1, 0.15) is 30.1 Å². The monoisotopic (exact) mass is 306 g/mol. The van der Waals surface area contributed by atoms with Crippen LogP contribution in [0.2, 0.25) is 0 Å². The van der Waals surface area contributed by atoms with Gasteiger partial charge >= 0.3 is 6.09 Å². The van der Waals surface area contributed by atoms with Crippen LogP contribution in [0.5, 0.6) is 5.75 Å². The minimum atomic E-state index is -0.431. The van der Waals surface area contributed by atoms with Crippen molar-refractivity contribution in [3.63, 3.8) is 0 Å². The largest absolute Gasteiger partial charge is 0.496 e. The third kappa shape index (κ3) is 3.90. The number of nitrogens with one attached hydrogen (secondary N) is 1. The fourth-order valence-electron chi connectivity index (χ4n) is 2.61. The molecule has 0 unspecified atom stereocenters. The van der Waals surface area contributed by atoms with E-state index in [1.165, 1.54) is 0 Å². The van der Waals surface area contributed by atoms with Crippen molar-refractivity contribution in [1.29, 1.82) is 0 Å². The molecule has 6 heteroatoms. The van der Waals surface area contributed by atoms with Crippen LogP contribution < -0.4 is 10.1 Å². The highest BCUT2D eigenvalue weighted by molar-refractivity contribution is 5.97. The Morgan fingerprint density at radius 1 is 1.36 bits per heavy atom. The maximum absolute atomic E-state index is 12.6. The first-order chi connectivity index (χ1) is 10.7. The Morgan fingerprint density at radius 3 is 2.86 bits per heavy atom. The smallest absolute Gasteiger partial charge is 0.407 e. The SMILES string of the molecule is CCOC(=O)N[C@H]1CCCN(C(=O)c2ccccc2OC)C1. The molecule has 1 aliphatic rings. The Morgan fingerprint density at radius 2 is 2.14 bits per heavy atom. The van der Waals surface area contributed by atoms with Crippen molar-refractivity contribution >= 4 is 12.0 Å². The summed E-state index contributed by atoms with van der Waals surface area (Å²) >= 11 is 0. The van der Waals surface area contributed by atoms with E-state index in [-0.39, 0.29) is 11.9 Å². The van der Waals surface area contributed by atoms with Crippen molar-refractivity contribution in [1.82, 2.24) is 10.2 Å². The molecule has 1 heterocycles. The number of piperidine rings is 1. The van der Waals surface area contributed by atoms with E-state index in [0.717, 1.165) is 12.8 Å². The Balaban J connectivity index is 2.02. The molecular weight excluding hydrogens is 284 g/mol. The van der Waals surface area contributed by atoms with Crippen LogP contribution in [0, 0.1) is 0 Å². The highest BCUT2D eigenvalue weighted by Gasteiger charge is 2.27. The third-order valence-electron chi connectivity index (χ3n) is 3.64. The topological polar surface area (TPSA) is 67.9 Å². The fourth-order valence-corrected chi connectivity index (χ4v) is 2.61. The van der Waals surface area contributed by atoms with Crippen LogP contribution in [0.4, 0.5) is 4.79 Å². The second-order valence-electron chi connectivity index (χ2n) is 5.16. The molecule has 1 saturated heterocycles. The van der Waals surface area contributed by atoms with Crippen molar-refractivity contribution < 1.29 is 19.1 Å². The van der Waals surface area contributed by atoms with E-state index in [0.29, 0.717) is 31.0 Å². The molecule has 0 aliphatic carbocycles. The van der Waals surface area contributed by atoms with Gasteiger partial charge in [-0.3, -0.25) is 4.79 Å². The molecule has 22 heavy (non-hydrogen) atoms. The summed E-state index contributed by atoms with van der Waals surface area (Å²) in [6.07, 6.45) is 1.26. The summed E-state index contributed by atoms with van der Waals surface area (Å²) in [5, 5.41) is 2.80. The van der Waals surface area contributed by atoms with Gasteiger partial charge in [-0.25, -0.2) is 4.79 Å². The van der Waals surface area contributed by atoms with Crippen LogP contribution in [0.25, 0.3) is 0 Å². The molecule has 0 saturated carbocycles.